The van der Waals surface area contributed by atoms with Crippen molar-refractivity contribution in [2.75, 3.05) is 0 Å². The second-order valence-electron chi connectivity index (χ2n) is 0. The van der Waals surface area contributed by atoms with Gasteiger partial charge in [0.05, 0.1) is 0 Å². The summed E-state index contributed by atoms with van der Waals surface area (Å²) >= 11 is 0.750. The summed E-state index contributed by atoms with van der Waals surface area (Å²) in [7, 11) is 0. The average Bonchev–Trinajstić information content (AvgIpc) is 1.00. The van der Waals surface area contributed by atoms with E-state index in [9.17, 15) is 0 Å². The monoisotopic (exact) mass is 112 g/mol. The molecule has 0 aliphatic rings. The van der Waals surface area contributed by atoms with E-state index < -0.39 is 0 Å². The summed E-state index contributed by atoms with van der Waals surface area (Å²) in [6, 6.07) is 0. The third-order valence-corrected chi connectivity index (χ3v) is 0. The second-order valence-corrected chi connectivity index (χ2v) is 0. The molecule has 2 N–H and O–H groups in total. The van der Waals surface area contributed by atoms with Gasteiger partial charge in [0.15, 0.2) is 17.4 Å². The predicted molar refractivity (Wildman–Crippen MR) is 14.2 cm³/mol. The van der Waals surface area contributed by atoms with Crippen LogP contribution in [0.3, 0.4) is 0 Å². The molecule has 4 heteroatoms. The number of hydrogen-bond acceptors (Lipinski definition) is 1. The third-order valence-electron chi connectivity index (χ3n) is 0. The summed E-state index contributed by atoms with van der Waals surface area (Å²) < 4.78 is 8.25. The average molecular weight is 112 g/mol. The van der Waals surface area contributed by atoms with E-state index in [1.165, 1.54) is 0 Å². The molecule has 0 rings (SSSR count). The van der Waals surface area contributed by atoms with Crippen LogP contribution in [-0.2, 0) is 23.7 Å². The second kappa shape index (κ2) is 35.7. The van der Waals surface area contributed by atoms with E-state index in [2.05, 4.69) is 0 Å². The Labute approximate surface area is 46.7 Å². The third kappa shape index (κ3) is 11.9. The van der Waals surface area contributed by atoms with E-state index >= 15 is 0 Å². The van der Waals surface area contributed by atoms with Gasteiger partial charge in [-0.3, -0.25) is 0 Å². The first-order valence-electron chi connectivity index (χ1n) is 0.204. The molecule has 0 amide bonds. The Balaban J connectivity index is -0.00000000500. The van der Waals surface area contributed by atoms with Gasteiger partial charge in [-0.25, -0.2) is 0 Å². The Morgan fingerprint density at radius 1 is 1.25 bits per heavy atom. The molecule has 0 fully saturated rings. The zero-order valence-electron chi connectivity index (χ0n) is 1.41. The van der Waals surface area contributed by atoms with Crippen LogP contribution in [0.4, 0.5) is 0 Å². The van der Waals surface area contributed by atoms with Gasteiger partial charge in [0.25, 0.3) is 0 Å². The molecule has 0 aromatic rings. The Morgan fingerprint density at radius 2 is 1.25 bits per heavy atom. The van der Waals surface area contributed by atoms with E-state index in [1.54, 1.807) is 0 Å². The molecule has 0 saturated carbocycles. The summed E-state index contributed by atoms with van der Waals surface area (Å²) in [5.41, 5.74) is 0. The Hall–Kier alpha value is 1.01. The summed E-state index contributed by atoms with van der Waals surface area (Å²) in [4.78, 5) is 0. The van der Waals surface area contributed by atoms with Crippen LogP contribution in [0.1, 0.15) is 0 Å². The van der Waals surface area contributed by atoms with Crippen molar-refractivity contribution in [2.45, 2.75) is 0 Å². The maximum atomic E-state index is 8.25. The van der Waals surface area contributed by atoms with Gasteiger partial charge in [-0.2, -0.15) is 0 Å². The maximum absolute atomic E-state index is 8.25. The fraction of sp³-hybridized carbons (Fsp3) is 0. The van der Waals surface area contributed by atoms with Gasteiger partial charge in [0.1, 0.15) is 0 Å². The first kappa shape index (κ1) is 20.0. The van der Waals surface area contributed by atoms with Crippen LogP contribution in [-0.4, -0.2) is 22.8 Å². The molecule has 0 spiro atoms. The zero-order chi connectivity index (χ0) is 2.00. The van der Waals surface area contributed by atoms with E-state index in [1.807, 2.05) is 0 Å². The van der Waals surface area contributed by atoms with Crippen LogP contribution in [0, 0.1) is 0 Å². The molecule has 0 unspecified atom stereocenters. The summed E-state index contributed by atoms with van der Waals surface area (Å²) in [6.45, 7) is 0. The molecule has 0 aromatic heterocycles. The van der Waals surface area contributed by atoms with Crippen LogP contribution in [0.25, 0.3) is 0 Å². The van der Waals surface area contributed by atoms with Gasteiger partial charge in [-0.15, -0.1) is 0 Å². The summed E-state index contributed by atoms with van der Waals surface area (Å²) in [6.07, 6.45) is 0. The van der Waals surface area contributed by atoms with E-state index in [0.717, 1.165) is 20.4 Å². The van der Waals surface area contributed by atoms with Crippen molar-refractivity contribution in [3.05, 3.63) is 0 Å². The van der Waals surface area contributed by atoms with Crippen molar-refractivity contribution in [2.24, 2.45) is 0 Å². The molecule has 0 radical (unpaired) electrons. The standard InChI is InChI=1S/Al.H2O.O.Ti.3H/h;1H2;;;;;. The molecule has 0 aliphatic heterocycles. The fourth-order valence-electron chi connectivity index (χ4n) is 0. The molecule has 0 aromatic carbocycles. The van der Waals surface area contributed by atoms with Gasteiger partial charge < -0.3 is 5.48 Å². The molecule has 0 atom stereocenters. The van der Waals surface area contributed by atoms with Crippen LogP contribution in [0.15, 0.2) is 0 Å². The number of hydrogen-bond donors (Lipinski definition) is 0. The quantitative estimate of drug-likeness (QED) is 0.330. The van der Waals surface area contributed by atoms with Crippen molar-refractivity contribution >= 4 is 17.4 Å². The zero-order valence-corrected chi connectivity index (χ0v) is 2.97. The molecule has 24 valence electrons. The molecule has 0 heterocycles. The van der Waals surface area contributed by atoms with Crippen LogP contribution in [0.5, 0.6) is 0 Å². The van der Waals surface area contributed by atoms with Crippen molar-refractivity contribution in [1.82, 2.24) is 0 Å². The Morgan fingerprint density at radius 3 is 1.25 bits per heavy atom. The van der Waals surface area contributed by atoms with E-state index in [0.29, 0.717) is 0 Å². The molecule has 0 saturated heterocycles. The first-order valence-corrected chi connectivity index (χ1v) is 0.842. The van der Waals surface area contributed by atoms with Gasteiger partial charge in [-0.1, -0.05) is 0 Å². The fourth-order valence-corrected chi connectivity index (χ4v) is 0. The van der Waals surface area contributed by atoms with Crippen molar-refractivity contribution in [3.63, 3.8) is 0 Å². The van der Waals surface area contributed by atoms with Gasteiger partial charge in [-0.05, 0) is 0 Å². The van der Waals surface area contributed by atoms with Gasteiger partial charge in [0, 0.05) is 0 Å². The van der Waals surface area contributed by atoms with E-state index in [-0.39, 0.29) is 22.8 Å². The minimum atomic E-state index is 0. The van der Waals surface area contributed by atoms with Crippen LogP contribution < -0.4 is 0 Å². The normalized spacial score (nSPS) is 0.750. The number of rotatable bonds is 0. The van der Waals surface area contributed by atoms with Crippen LogP contribution in [0.2, 0.25) is 0 Å². The summed E-state index contributed by atoms with van der Waals surface area (Å²) in [5.74, 6) is 0. The van der Waals surface area contributed by atoms with Gasteiger partial charge >= 0.3 is 23.7 Å². The first-order chi connectivity index (χ1) is 1.00. The molecular formula is H5AlO2Ti. The van der Waals surface area contributed by atoms with Gasteiger partial charge in [0.2, 0.25) is 0 Å². The van der Waals surface area contributed by atoms with E-state index in [4.69, 9.17) is 3.32 Å². The Kier molecular flexibility index (Phi) is 178. The molecular weight excluding hydrogens is 107 g/mol. The molecule has 2 nitrogen and oxygen atoms in total. The molecule has 4 heavy (non-hydrogen) atoms. The van der Waals surface area contributed by atoms with Crippen LogP contribution >= 0.6 is 0 Å². The minimum absolute atomic E-state index is 0. The van der Waals surface area contributed by atoms with Crippen molar-refractivity contribution in [1.29, 1.82) is 0 Å². The van der Waals surface area contributed by atoms with Crippen molar-refractivity contribution < 1.29 is 29.2 Å². The predicted octanol–water partition coefficient (Wildman–Crippen LogP) is -2.13. The SMILES string of the molecule is O.[AlH3].[O]=[Ti]. The summed E-state index contributed by atoms with van der Waals surface area (Å²) in [5, 5.41) is 0. The van der Waals surface area contributed by atoms with Crippen molar-refractivity contribution in [3.8, 4) is 0 Å². The molecule has 0 aliphatic carbocycles. The Bertz CT molecular complexity index is 6.00. The topological polar surface area (TPSA) is 48.6 Å². The molecule has 0 bridgehead atoms.